The number of pyridine rings is 1. The second kappa shape index (κ2) is 6.16. The predicted molar refractivity (Wildman–Crippen MR) is 80.0 cm³/mol. The molecule has 6 heteroatoms. The Labute approximate surface area is 123 Å². The topological polar surface area (TPSA) is 62.2 Å². The summed E-state index contributed by atoms with van der Waals surface area (Å²) in [5.41, 5.74) is 0.174. The number of carboxylic acid groups (broad SMARTS) is 1. The third-order valence-corrected chi connectivity index (χ3v) is 3.89. The van der Waals surface area contributed by atoms with Crippen molar-refractivity contribution in [2.75, 3.05) is 5.32 Å². The molecule has 2 rings (SSSR count). The minimum Gasteiger partial charge on any atom is -0.478 e. The van der Waals surface area contributed by atoms with Gasteiger partial charge in [-0.15, -0.1) is 11.3 Å². The molecule has 19 heavy (non-hydrogen) atoms. The lowest BCUT2D eigenvalue weighted by Gasteiger charge is -2.15. The molecular formula is C13H13BrN2O2S. The molecule has 100 valence electrons. The van der Waals surface area contributed by atoms with Crippen LogP contribution in [0.3, 0.4) is 0 Å². The predicted octanol–water partition coefficient (Wildman–Crippen LogP) is 3.65. The Morgan fingerprint density at radius 1 is 1.63 bits per heavy atom. The van der Waals surface area contributed by atoms with Gasteiger partial charge in [0.15, 0.2) is 0 Å². The van der Waals surface area contributed by atoms with Crippen molar-refractivity contribution in [1.82, 2.24) is 4.98 Å². The van der Waals surface area contributed by atoms with E-state index in [1.165, 1.54) is 4.88 Å². The highest BCUT2D eigenvalue weighted by atomic mass is 79.9. The Morgan fingerprint density at radius 2 is 2.42 bits per heavy atom. The van der Waals surface area contributed by atoms with Gasteiger partial charge in [-0.3, -0.25) is 0 Å². The van der Waals surface area contributed by atoms with Gasteiger partial charge in [0.2, 0.25) is 0 Å². The van der Waals surface area contributed by atoms with Gasteiger partial charge in [-0.2, -0.15) is 0 Å². The SMILES string of the molecule is CC(Cc1cccs1)Nc1ncc(Br)cc1C(=O)O. The number of aromatic carboxylic acids is 1. The van der Waals surface area contributed by atoms with Gasteiger partial charge in [-0.1, -0.05) is 6.07 Å². The van der Waals surface area contributed by atoms with Gasteiger partial charge in [0.1, 0.15) is 11.4 Å². The molecule has 2 N–H and O–H groups in total. The first-order valence-corrected chi connectivity index (χ1v) is 7.41. The number of nitrogens with one attached hydrogen (secondary N) is 1. The summed E-state index contributed by atoms with van der Waals surface area (Å²) in [6.45, 7) is 2.01. The van der Waals surface area contributed by atoms with Crippen LogP contribution in [0.15, 0.2) is 34.2 Å². The van der Waals surface area contributed by atoms with Crippen molar-refractivity contribution in [3.63, 3.8) is 0 Å². The molecule has 1 unspecified atom stereocenters. The summed E-state index contributed by atoms with van der Waals surface area (Å²) in [4.78, 5) is 16.6. The van der Waals surface area contributed by atoms with E-state index in [9.17, 15) is 4.79 Å². The molecule has 0 aromatic carbocycles. The van der Waals surface area contributed by atoms with E-state index in [4.69, 9.17) is 5.11 Å². The van der Waals surface area contributed by atoms with E-state index in [1.54, 1.807) is 23.6 Å². The highest BCUT2D eigenvalue weighted by molar-refractivity contribution is 9.10. The van der Waals surface area contributed by atoms with Crippen molar-refractivity contribution < 1.29 is 9.90 Å². The minimum absolute atomic E-state index is 0.116. The van der Waals surface area contributed by atoms with Gasteiger partial charge in [0.25, 0.3) is 0 Å². The van der Waals surface area contributed by atoms with E-state index in [0.29, 0.717) is 10.3 Å². The van der Waals surface area contributed by atoms with Crippen LogP contribution in [-0.4, -0.2) is 22.1 Å². The van der Waals surface area contributed by atoms with Crippen LogP contribution in [0.1, 0.15) is 22.2 Å². The van der Waals surface area contributed by atoms with Gasteiger partial charge >= 0.3 is 5.97 Å². The van der Waals surface area contributed by atoms with Crippen molar-refractivity contribution in [2.45, 2.75) is 19.4 Å². The van der Waals surface area contributed by atoms with Crippen LogP contribution in [0, 0.1) is 0 Å². The Hall–Kier alpha value is -1.40. The number of carboxylic acids is 1. The number of rotatable bonds is 5. The zero-order valence-electron chi connectivity index (χ0n) is 10.3. The molecule has 2 heterocycles. The van der Waals surface area contributed by atoms with Crippen molar-refractivity contribution in [2.24, 2.45) is 0 Å². The molecule has 0 spiro atoms. The Kier molecular flexibility index (Phi) is 4.55. The van der Waals surface area contributed by atoms with E-state index in [-0.39, 0.29) is 11.6 Å². The molecule has 2 aromatic rings. The molecule has 0 fully saturated rings. The molecule has 0 aliphatic heterocycles. The number of aromatic nitrogens is 1. The van der Waals surface area contributed by atoms with Crippen LogP contribution in [0.2, 0.25) is 0 Å². The number of nitrogens with zero attached hydrogens (tertiary/aromatic N) is 1. The second-order valence-corrected chi connectivity index (χ2v) is 6.13. The first-order chi connectivity index (χ1) is 9.06. The molecule has 0 radical (unpaired) electrons. The lowest BCUT2D eigenvalue weighted by Crippen LogP contribution is -2.20. The molecule has 0 saturated heterocycles. The van der Waals surface area contributed by atoms with Crippen LogP contribution in [0.4, 0.5) is 5.82 Å². The average molecular weight is 341 g/mol. The summed E-state index contributed by atoms with van der Waals surface area (Å²) in [5.74, 6) is -0.584. The number of anilines is 1. The minimum atomic E-state index is -0.986. The Bertz CT molecular complexity index is 572. The Balaban J connectivity index is 2.12. The molecule has 0 bridgehead atoms. The standard InChI is InChI=1S/C13H13BrN2O2S/c1-8(5-10-3-2-4-19-10)16-12-11(13(17)18)6-9(14)7-15-12/h2-4,6-8H,5H2,1H3,(H,15,16)(H,17,18). The normalized spacial score (nSPS) is 12.1. The van der Waals surface area contributed by atoms with E-state index in [0.717, 1.165) is 6.42 Å². The fraction of sp³-hybridized carbons (Fsp3) is 0.231. The molecule has 4 nitrogen and oxygen atoms in total. The molecule has 0 aliphatic rings. The summed E-state index contributed by atoms with van der Waals surface area (Å²) < 4.78 is 0.654. The lowest BCUT2D eigenvalue weighted by atomic mass is 10.2. The van der Waals surface area contributed by atoms with Gasteiger partial charge in [0, 0.05) is 28.0 Å². The van der Waals surface area contributed by atoms with E-state index >= 15 is 0 Å². The Morgan fingerprint density at radius 3 is 3.05 bits per heavy atom. The average Bonchev–Trinajstić information content (AvgIpc) is 2.83. The van der Waals surface area contributed by atoms with Crippen molar-refractivity contribution in [3.05, 3.63) is 44.7 Å². The van der Waals surface area contributed by atoms with Gasteiger partial charge in [-0.05, 0) is 40.4 Å². The zero-order chi connectivity index (χ0) is 13.8. The van der Waals surface area contributed by atoms with E-state index in [1.807, 2.05) is 18.4 Å². The van der Waals surface area contributed by atoms with Crippen LogP contribution >= 0.6 is 27.3 Å². The largest absolute Gasteiger partial charge is 0.478 e. The summed E-state index contributed by atoms with van der Waals surface area (Å²) in [5, 5.41) is 14.3. The smallest absolute Gasteiger partial charge is 0.339 e. The third-order valence-electron chi connectivity index (χ3n) is 2.56. The van der Waals surface area contributed by atoms with E-state index in [2.05, 4.69) is 32.3 Å². The number of halogens is 1. The maximum atomic E-state index is 11.2. The number of carbonyl (C=O) groups is 1. The van der Waals surface area contributed by atoms with E-state index < -0.39 is 5.97 Å². The molecule has 2 aromatic heterocycles. The van der Waals surface area contributed by atoms with Crippen LogP contribution < -0.4 is 5.32 Å². The third kappa shape index (κ3) is 3.78. The van der Waals surface area contributed by atoms with Crippen LogP contribution in [0.25, 0.3) is 0 Å². The summed E-state index contributed by atoms with van der Waals surface area (Å²) in [6, 6.07) is 5.74. The molecule has 0 saturated carbocycles. The highest BCUT2D eigenvalue weighted by Gasteiger charge is 2.14. The molecule has 0 aliphatic carbocycles. The lowest BCUT2D eigenvalue weighted by molar-refractivity contribution is 0.0697. The van der Waals surface area contributed by atoms with Crippen LogP contribution in [0.5, 0.6) is 0 Å². The number of hydrogen-bond acceptors (Lipinski definition) is 4. The fourth-order valence-corrected chi connectivity index (χ4v) is 2.90. The van der Waals surface area contributed by atoms with Gasteiger partial charge < -0.3 is 10.4 Å². The molecule has 1 atom stereocenters. The number of thiophene rings is 1. The summed E-state index contributed by atoms with van der Waals surface area (Å²) in [6.07, 6.45) is 2.43. The van der Waals surface area contributed by atoms with Gasteiger partial charge in [-0.25, -0.2) is 9.78 Å². The maximum absolute atomic E-state index is 11.2. The van der Waals surface area contributed by atoms with Crippen molar-refractivity contribution >= 4 is 39.1 Å². The summed E-state index contributed by atoms with van der Waals surface area (Å²) in [7, 11) is 0. The van der Waals surface area contributed by atoms with Crippen molar-refractivity contribution in [3.8, 4) is 0 Å². The van der Waals surface area contributed by atoms with Gasteiger partial charge in [0.05, 0.1) is 0 Å². The first-order valence-electron chi connectivity index (χ1n) is 5.74. The zero-order valence-corrected chi connectivity index (χ0v) is 12.7. The van der Waals surface area contributed by atoms with Crippen LogP contribution in [-0.2, 0) is 6.42 Å². The first kappa shape index (κ1) is 14.0. The fourth-order valence-electron chi connectivity index (χ4n) is 1.73. The maximum Gasteiger partial charge on any atom is 0.339 e. The number of hydrogen-bond donors (Lipinski definition) is 2. The molecule has 0 amide bonds. The highest BCUT2D eigenvalue weighted by Crippen LogP contribution is 2.20. The summed E-state index contributed by atoms with van der Waals surface area (Å²) >= 11 is 4.92. The van der Waals surface area contributed by atoms with Crippen molar-refractivity contribution in [1.29, 1.82) is 0 Å². The molecular weight excluding hydrogens is 328 g/mol. The second-order valence-electron chi connectivity index (χ2n) is 4.18. The quantitative estimate of drug-likeness (QED) is 0.872. The monoisotopic (exact) mass is 340 g/mol.